The van der Waals surface area contributed by atoms with E-state index in [9.17, 15) is 18.0 Å². The Kier molecular flexibility index (Phi) is 8.28. The van der Waals surface area contributed by atoms with Gasteiger partial charge in [0, 0.05) is 31.0 Å². The first-order valence-electron chi connectivity index (χ1n) is 10.7. The van der Waals surface area contributed by atoms with Crippen molar-refractivity contribution in [3.8, 4) is 0 Å². The van der Waals surface area contributed by atoms with Crippen molar-refractivity contribution in [2.24, 2.45) is 0 Å². The molecule has 2 heterocycles. The van der Waals surface area contributed by atoms with Crippen LogP contribution < -0.4 is 4.72 Å². The average Bonchev–Trinajstić information content (AvgIpc) is 3.17. The van der Waals surface area contributed by atoms with E-state index in [-0.39, 0.29) is 28.8 Å². The smallest absolute Gasteiger partial charge is 0.340 e. The van der Waals surface area contributed by atoms with Gasteiger partial charge in [0.2, 0.25) is 5.91 Å². The molecule has 1 N–H and O–H groups in total. The van der Waals surface area contributed by atoms with E-state index in [1.54, 1.807) is 11.8 Å². The number of hydrogen-bond donors (Lipinski definition) is 1. The molecule has 1 aliphatic heterocycles. The SMILES string of the molecule is COC[C@H](C)NS(=O)(=O)c1sc2c(c1C(=O)OC)CCN(C(=O)CCc1ccc(C)cc1)C2. The van der Waals surface area contributed by atoms with E-state index >= 15 is 0 Å². The van der Waals surface area contributed by atoms with Gasteiger partial charge < -0.3 is 14.4 Å². The van der Waals surface area contributed by atoms with Crippen molar-refractivity contribution in [2.75, 3.05) is 27.4 Å². The van der Waals surface area contributed by atoms with E-state index in [0.29, 0.717) is 36.2 Å². The number of hydrogen-bond acceptors (Lipinski definition) is 7. The number of carbonyl (C=O) groups excluding carboxylic acids is 2. The maximum Gasteiger partial charge on any atom is 0.340 e. The van der Waals surface area contributed by atoms with E-state index < -0.39 is 22.0 Å². The molecule has 0 saturated heterocycles. The highest BCUT2D eigenvalue weighted by molar-refractivity contribution is 7.91. The summed E-state index contributed by atoms with van der Waals surface area (Å²) in [5, 5.41) is 0. The summed E-state index contributed by atoms with van der Waals surface area (Å²) in [6.45, 7) is 4.60. The van der Waals surface area contributed by atoms with Crippen LogP contribution in [0.4, 0.5) is 0 Å². The van der Waals surface area contributed by atoms with Gasteiger partial charge in [-0.25, -0.2) is 17.9 Å². The number of benzene rings is 1. The summed E-state index contributed by atoms with van der Waals surface area (Å²) in [6, 6.07) is 7.62. The minimum Gasteiger partial charge on any atom is -0.465 e. The lowest BCUT2D eigenvalue weighted by Crippen LogP contribution is -2.36. The van der Waals surface area contributed by atoms with Crippen LogP contribution in [0.2, 0.25) is 0 Å². The molecule has 0 aliphatic carbocycles. The summed E-state index contributed by atoms with van der Waals surface area (Å²) in [5.41, 5.74) is 2.99. The number of methoxy groups -OCH3 is 2. The van der Waals surface area contributed by atoms with Gasteiger partial charge in [-0.2, -0.15) is 0 Å². The normalized spacial score (nSPS) is 14.6. The Balaban J connectivity index is 1.80. The van der Waals surface area contributed by atoms with Crippen molar-refractivity contribution in [1.82, 2.24) is 9.62 Å². The van der Waals surface area contributed by atoms with Crippen molar-refractivity contribution >= 4 is 33.2 Å². The van der Waals surface area contributed by atoms with Gasteiger partial charge in [0.25, 0.3) is 10.0 Å². The summed E-state index contributed by atoms with van der Waals surface area (Å²) < 4.78 is 38.4. The molecule has 0 unspecified atom stereocenters. The molecule has 0 bridgehead atoms. The Hall–Kier alpha value is -2.27. The zero-order valence-electron chi connectivity index (χ0n) is 19.3. The van der Waals surface area contributed by atoms with Crippen LogP contribution in [0, 0.1) is 6.92 Å². The van der Waals surface area contributed by atoms with Crippen LogP contribution in [0.3, 0.4) is 0 Å². The van der Waals surface area contributed by atoms with Crippen molar-refractivity contribution in [2.45, 2.75) is 49.9 Å². The van der Waals surface area contributed by atoms with Gasteiger partial charge in [-0.3, -0.25) is 4.79 Å². The third kappa shape index (κ3) is 6.00. The molecule has 1 aliphatic rings. The standard InChI is InChI=1S/C23H30N2O6S2/c1-15-5-7-17(8-6-15)9-10-20(26)25-12-11-18-19(13-25)32-23(21(18)22(27)31-4)33(28,29)24-16(2)14-30-3/h5-8,16,24H,9-14H2,1-4H3/t16-/m0/s1. The summed E-state index contributed by atoms with van der Waals surface area (Å²) >= 11 is 1.02. The lowest BCUT2D eigenvalue weighted by atomic mass is 10.0. The molecule has 1 aromatic carbocycles. The fourth-order valence-corrected chi connectivity index (χ4v) is 7.00. The molecule has 0 spiro atoms. The highest BCUT2D eigenvalue weighted by Crippen LogP contribution is 2.37. The van der Waals surface area contributed by atoms with Crippen molar-refractivity contribution < 1.29 is 27.5 Å². The summed E-state index contributed by atoms with van der Waals surface area (Å²) in [4.78, 5) is 27.8. The molecular formula is C23H30N2O6S2. The maximum absolute atomic E-state index is 13.0. The number of aryl methyl sites for hydroxylation is 2. The fraction of sp³-hybridized carbons (Fsp3) is 0.478. The minimum absolute atomic E-state index is 0.00509. The third-order valence-electron chi connectivity index (χ3n) is 5.53. The van der Waals surface area contributed by atoms with E-state index in [2.05, 4.69) is 4.72 Å². The molecule has 33 heavy (non-hydrogen) atoms. The van der Waals surface area contributed by atoms with Crippen LogP contribution >= 0.6 is 11.3 Å². The number of fused-ring (bicyclic) bond motifs is 1. The number of esters is 1. The molecule has 3 rings (SSSR count). The topological polar surface area (TPSA) is 102 Å². The Labute approximate surface area is 198 Å². The number of nitrogens with one attached hydrogen (secondary N) is 1. The summed E-state index contributed by atoms with van der Waals surface area (Å²) in [7, 11) is -1.25. The number of nitrogens with zero attached hydrogens (tertiary/aromatic N) is 1. The van der Waals surface area contributed by atoms with Gasteiger partial charge in [0.05, 0.1) is 25.8 Å². The molecular weight excluding hydrogens is 464 g/mol. The first-order valence-corrected chi connectivity index (χ1v) is 13.0. The number of ether oxygens (including phenoxy) is 2. The predicted octanol–water partition coefficient (Wildman–Crippen LogP) is 2.67. The molecule has 1 aromatic heterocycles. The number of carbonyl (C=O) groups is 2. The van der Waals surface area contributed by atoms with Gasteiger partial charge in [0.1, 0.15) is 4.21 Å². The Morgan fingerprint density at radius 3 is 2.55 bits per heavy atom. The maximum atomic E-state index is 13.0. The predicted molar refractivity (Wildman–Crippen MR) is 126 cm³/mol. The second kappa shape index (κ2) is 10.8. The number of sulfonamides is 1. The number of thiophene rings is 1. The monoisotopic (exact) mass is 494 g/mol. The van der Waals surface area contributed by atoms with E-state index in [1.807, 2.05) is 31.2 Å². The Morgan fingerprint density at radius 2 is 1.91 bits per heavy atom. The molecule has 1 amide bonds. The lowest BCUT2D eigenvalue weighted by Gasteiger charge is -2.27. The second-order valence-electron chi connectivity index (χ2n) is 8.19. The van der Waals surface area contributed by atoms with Crippen LogP contribution in [0.5, 0.6) is 0 Å². The lowest BCUT2D eigenvalue weighted by molar-refractivity contribution is -0.132. The Bertz CT molecular complexity index is 1110. The quantitative estimate of drug-likeness (QED) is 0.538. The molecule has 0 radical (unpaired) electrons. The summed E-state index contributed by atoms with van der Waals surface area (Å²) in [5.74, 6) is -0.683. The van der Waals surface area contributed by atoms with Crippen LogP contribution in [-0.4, -0.2) is 58.6 Å². The molecule has 1 atom stereocenters. The molecule has 2 aromatic rings. The molecule has 10 heteroatoms. The van der Waals surface area contributed by atoms with E-state index in [1.165, 1.54) is 19.8 Å². The highest BCUT2D eigenvalue weighted by Gasteiger charge is 2.35. The Morgan fingerprint density at radius 1 is 1.21 bits per heavy atom. The first kappa shape index (κ1) is 25.4. The second-order valence-corrected chi connectivity index (χ2v) is 11.2. The average molecular weight is 495 g/mol. The van der Waals surface area contributed by atoms with Gasteiger partial charge in [-0.05, 0) is 37.8 Å². The van der Waals surface area contributed by atoms with Crippen LogP contribution in [-0.2, 0) is 43.7 Å². The van der Waals surface area contributed by atoms with Crippen LogP contribution in [0.1, 0.15) is 45.3 Å². The minimum atomic E-state index is -3.96. The van der Waals surface area contributed by atoms with Gasteiger partial charge in [-0.15, -0.1) is 11.3 Å². The van der Waals surface area contributed by atoms with Crippen molar-refractivity contribution in [1.29, 1.82) is 0 Å². The molecule has 0 fully saturated rings. The third-order valence-corrected chi connectivity index (χ3v) is 8.86. The largest absolute Gasteiger partial charge is 0.465 e. The summed E-state index contributed by atoms with van der Waals surface area (Å²) in [6.07, 6.45) is 1.41. The van der Waals surface area contributed by atoms with Gasteiger partial charge >= 0.3 is 5.97 Å². The highest BCUT2D eigenvalue weighted by atomic mass is 32.2. The molecule has 0 saturated carbocycles. The van der Waals surface area contributed by atoms with E-state index in [4.69, 9.17) is 9.47 Å². The van der Waals surface area contributed by atoms with Crippen LogP contribution in [0.25, 0.3) is 0 Å². The molecule has 180 valence electrons. The van der Waals surface area contributed by atoms with Crippen LogP contribution in [0.15, 0.2) is 28.5 Å². The zero-order valence-corrected chi connectivity index (χ0v) is 21.0. The van der Waals surface area contributed by atoms with Crippen molar-refractivity contribution in [3.05, 3.63) is 51.4 Å². The van der Waals surface area contributed by atoms with Gasteiger partial charge in [-0.1, -0.05) is 29.8 Å². The van der Waals surface area contributed by atoms with Crippen molar-refractivity contribution in [3.63, 3.8) is 0 Å². The van der Waals surface area contributed by atoms with Gasteiger partial charge in [0.15, 0.2) is 0 Å². The zero-order chi connectivity index (χ0) is 24.2. The first-order chi connectivity index (χ1) is 15.7. The fourth-order valence-electron chi connectivity index (χ4n) is 3.86. The number of amides is 1. The number of rotatable bonds is 9. The van der Waals surface area contributed by atoms with E-state index in [0.717, 1.165) is 16.9 Å². The molecule has 8 nitrogen and oxygen atoms in total.